The van der Waals surface area contributed by atoms with Gasteiger partial charge in [-0.25, -0.2) is 9.50 Å². The number of nitrogens with zero attached hydrogens (tertiary/aromatic N) is 7. The van der Waals surface area contributed by atoms with Gasteiger partial charge in [0.2, 0.25) is 0 Å². The van der Waals surface area contributed by atoms with Gasteiger partial charge in [-0.1, -0.05) is 6.92 Å². The molecule has 0 radical (unpaired) electrons. The summed E-state index contributed by atoms with van der Waals surface area (Å²) in [6, 6.07) is 6.61. The Kier molecular flexibility index (Phi) is 5.26. The molecule has 0 bridgehead atoms. The van der Waals surface area contributed by atoms with E-state index in [1.54, 1.807) is 12.4 Å². The van der Waals surface area contributed by atoms with Gasteiger partial charge in [-0.15, -0.1) is 0 Å². The van der Waals surface area contributed by atoms with Gasteiger partial charge in [0.15, 0.2) is 11.6 Å². The Balaban J connectivity index is 1.38. The minimum atomic E-state index is 0.493. The SMILES string of the molecule is CCN1CC[C@@H]1COc1cnn(C)c1-c1ccn2nc(Nc3cnc(C)c(C)n3)cc2c1. The van der Waals surface area contributed by atoms with E-state index in [0.29, 0.717) is 24.3 Å². The van der Waals surface area contributed by atoms with Crippen molar-refractivity contribution in [2.45, 2.75) is 33.2 Å². The largest absolute Gasteiger partial charge is 0.488 e. The summed E-state index contributed by atoms with van der Waals surface area (Å²) in [7, 11) is 1.94. The minimum Gasteiger partial charge on any atom is -0.488 e. The highest BCUT2D eigenvalue weighted by Gasteiger charge is 2.27. The van der Waals surface area contributed by atoms with Crippen LogP contribution in [0, 0.1) is 13.8 Å². The number of likely N-dealkylation sites (N-methyl/N-ethyl adjacent to an activating group) is 1. The molecule has 166 valence electrons. The zero-order chi connectivity index (χ0) is 22.2. The van der Waals surface area contributed by atoms with Crippen molar-refractivity contribution in [2.75, 3.05) is 25.0 Å². The lowest BCUT2D eigenvalue weighted by Crippen LogP contribution is -2.50. The van der Waals surface area contributed by atoms with Crippen molar-refractivity contribution in [1.82, 2.24) is 34.3 Å². The molecule has 0 amide bonds. The van der Waals surface area contributed by atoms with E-state index in [1.165, 1.54) is 6.42 Å². The number of fused-ring (bicyclic) bond motifs is 1. The predicted molar refractivity (Wildman–Crippen MR) is 123 cm³/mol. The molecular formula is C23H28N8O. The topological polar surface area (TPSA) is 85.4 Å². The van der Waals surface area contributed by atoms with Crippen LogP contribution in [0.5, 0.6) is 5.75 Å². The Morgan fingerprint density at radius 1 is 1.16 bits per heavy atom. The van der Waals surface area contributed by atoms with Crippen molar-refractivity contribution in [3.8, 4) is 17.0 Å². The number of likely N-dealkylation sites (tertiary alicyclic amines) is 1. The first-order valence-electron chi connectivity index (χ1n) is 11.0. The molecule has 1 aliphatic heterocycles. The lowest BCUT2D eigenvalue weighted by molar-refractivity contribution is 0.0563. The number of aryl methyl sites for hydroxylation is 3. The second-order valence-corrected chi connectivity index (χ2v) is 8.23. The van der Waals surface area contributed by atoms with Crippen molar-refractivity contribution >= 4 is 17.2 Å². The lowest BCUT2D eigenvalue weighted by Gasteiger charge is -2.39. The molecule has 4 aromatic rings. The number of pyridine rings is 1. The van der Waals surface area contributed by atoms with Gasteiger partial charge < -0.3 is 10.1 Å². The van der Waals surface area contributed by atoms with Gasteiger partial charge in [0.25, 0.3) is 0 Å². The number of aromatic nitrogens is 6. The van der Waals surface area contributed by atoms with E-state index in [2.05, 4.69) is 43.4 Å². The van der Waals surface area contributed by atoms with E-state index in [9.17, 15) is 0 Å². The standard InChI is InChI=1S/C23H28N8O/c1-5-30-8-7-18(30)14-32-20-12-25-29(4)23(20)17-6-9-31-19(10-17)11-21(28-31)27-22-13-24-15(2)16(3)26-22/h6,9-13,18H,5,7-8,14H2,1-4H3,(H,26,27,28)/t18-/m1/s1. The molecular weight excluding hydrogens is 404 g/mol. The van der Waals surface area contributed by atoms with Crippen LogP contribution < -0.4 is 10.1 Å². The van der Waals surface area contributed by atoms with Crippen LogP contribution in [0.2, 0.25) is 0 Å². The number of ether oxygens (including phenoxy) is 1. The monoisotopic (exact) mass is 432 g/mol. The summed E-state index contributed by atoms with van der Waals surface area (Å²) in [4.78, 5) is 11.3. The molecule has 0 aliphatic carbocycles. The summed E-state index contributed by atoms with van der Waals surface area (Å²) in [6.07, 6.45) is 6.66. The van der Waals surface area contributed by atoms with Crippen LogP contribution in [-0.2, 0) is 7.05 Å². The predicted octanol–water partition coefficient (Wildman–Crippen LogP) is 3.36. The van der Waals surface area contributed by atoms with Crippen LogP contribution in [-0.4, -0.2) is 60.0 Å². The number of anilines is 2. The van der Waals surface area contributed by atoms with Gasteiger partial charge in [-0.2, -0.15) is 10.2 Å². The Hall–Kier alpha value is -3.46. The van der Waals surface area contributed by atoms with Crippen molar-refractivity contribution in [1.29, 1.82) is 0 Å². The van der Waals surface area contributed by atoms with Crippen LogP contribution in [0.15, 0.2) is 36.8 Å². The maximum atomic E-state index is 6.19. The van der Waals surface area contributed by atoms with Crippen LogP contribution in [0.1, 0.15) is 24.7 Å². The highest BCUT2D eigenvalue weighted by Crippen LogP contribution is 2.31. The normalized spacial score (nSPS) is 16.3. The van der Waals surface area contributed by atoms with Crippen LogP contribution in [0.25, 0.3) is 16.8 Å². The molecule has 1 fully saturated rings. The third kappa shape index (κ3) is 3.80. The zero-order valence-electron chi connectivity index (χ0n) is 18.9. The molecule has 32 heavy (non-hydrogen) atoms. The quantitative estimate of drug-likeness (QED) is 0.479. The average molecular weight is 433 g/mol. The minimum absolute atomic E-state index is 0.493. The van der Waals surface area contributed by atoms with Gasteiger partial charge >= 0.3 is 0 Å². The van der Waals surface area contributed by atoms with E-state index in [1.807, 2.05) is 48.4 Å². The van der Waals surface area contributed by atoms with E-state index < -0.39 is 0 Å². The maximum absolute atomic E-state index is 6.19. The molecule has 9 heteroatoms. The van der Waals surface area contributed by atoms with Gasteiger partial charge in [-0.3, -0.25) is 14.6 Å². The van der Waals surface area contributed by atoms with Gasteiger partial charge in [0.05, 0.1) is 29.3 Å². The third-order valence-corrected chi connectivity index (χ3v) is 6.19. The molecule has 0 spiro atoms. The van der Waals surface area contributed by atoms with E-state index >= 15 is 0 Å². The van der Waals surface area contributed by atoms with Crippen LogP contribution in [0.3, 0.4) is 0 Å². The second kappa shape index (κ2) is 8.23. The van der Waals surface area contributed by atoms with E-state index in [-0.39, 0.29) is 0 Å². The molecule has 0 unspecified atom stereocenters. The summed E-state index contributed by atoms with van der Waals surface area (Å²) in [5, 5.41) is 12.3. The van der Waals surface area contributed by atoms with Gasteiger partial charge in [-0.05, 0) is 38.9 Å². The Labute approximate surface area is 187 Å². The first-order chi connectivity index (χ1) is 15.5. The van der Waals surface area contributed by atoms with Crippen molar-refractivity contribution < 1.29 is 4.74 Å². The zero-order valence-corrected chi connectivity index (χ0v) is 18.9. The second-order valence-electron chi connectivity index (χ2n) is 8.23. The maximum Gasteiger partial charge on any atom is 0.165 e. The number of hydrogen-bond acceptors (Lipinski definition) is 7. The number of nitrogens with one attached hydrogen (secondary N) is 1. The smallest absolute Gasteiger partial charge is 0.165 e. The summed E-state index contributed by atoms with van der Waals surface area (Å²) >= 11 is 0. The Morgan fingerprint density at radius 3 is 2.78 bits per heavy atom. The fraction of sp³-hybridized carbons (Fsp3) is 0.391. The summed E-state index contributed by atoms with van der Waals surface area (Å²) in [6.45, 7) is 9.00. The number of rotatable bonds is 7. The van der Waals surface area contributed by atoms with Crippen LogP contribution in [0.4, 0.5) is 11.6 Å². The first kappa shape index (κ1) is 20.4. The van der Waals surface area contributed by atoms with Gasteiger partial charge in [0.1, 0.15) is 18.1 Å². The first-order valence-corrected chi connectivity index (χ1v) is 11.0. The fourth-order valence-corrected chi connectivity index (χ4v) is 4.07. The Morgan fingerprint density at radius 2 is 2.03 bits per heavy atom. The van der Waals surface area contributed by atoms with Crippen molar-refractivity contribution in [2.24, 2.45) is 7.05 Å². The molecule has 1 saturated heterocycles. The summed E-state index contributed by atoms with van der Waals surface area (Å²) in [5.74, 6) is 2.20. The molecule has 0 aromatic carbocycles. The Bertz CT molecular complexity index is 1260. The average Bonchev–Trinajstić information content (AvgIpc) is 3.32. The third-order valence-electron chi connectivity index (χ3n) is 6.19. The van der Waals surface area contributed by atoms with E-state index in [0.717, 1.165) is 47.0 Å². The molecule has 0 saturated carbocycles. The highest BCUT2D eigenvalue weighted by atomic mass is 16.5. The van der Waals surface area contributed by atoms with Crippen LogP contribution >= 0.6 is 0 Å². The molecule has 5 rings (SSSR count). The highest BCUT2D eigenvalue weighted by molar-refractivity contribution is 5.72. The molecule has 1 atom stereocenters. The van der Waals surface area contributed by atoms with E-state index in [4.69, 9.17) is 4.74 Å². The molecule has 4 aromatic heterocycles. The molecule has 1 N–H and O–H groups in total. The summed E-state index contributed by atoms with van der Waals surface area (Å²) in [5.41, 5.74) is 4.78. The summed E-state index contributed by atoms with van der Waals surface area (Å²) < 4.78 is 9.89. The van der Waals surface area contributed by atoms with Gasteiger partial charge in [0, 0.05) is 37.5 Å². The van der Waals surface area contributed by atoms with Crippen molar-refractivity contribution in [3.63, 3.8) is 0 Å². The van der Waals surface area contributed by atoms with Crippen molar-refractivity contribution in [3.05, 3.63) is 48.2 Å². The number of hydrogen-bond donors (Lipinski definition) is 1. The molecule has 5 heterocycles. The lowest BCUT2D eigenvalue weighted by atomic mass is 10.0. The molecule has 9 nitrogen and oxygen atoms in total. The molecule has 1 aliphatic rings. The fourth-order valence-electron chi connectivity index (χ4n) is 4.07.